The van der Waals surface area contributed by atoms with Crippen LogP contribution >= 0.6 is 52.0 Å². The summed E-state index contributed by atoms with van der Waals surface area (Å²) in [7, 11) is 0. The van der Waals surface area contributed by atoms with Crippen molar-refractivity contribution in [1.82, 2.24) is 0 Å². The molecule has 6 N–H and O–H groups in total. The summed E-state index contributed by atoms with van der Waals surface area (Å²) in [6.45, 7) is 5.56. The van der Waals surface area contributed by atoms with Crippen LogP contribution in [-0.2, 0) is 25.6 Å². The van der Waals surface area contributed by atoms with Gasteiger partial charge in [0.25, 0.3) is 5.95 Å². The first-order valence-electron chi connectivity index (χ1n) is 10.6. The average Bonchev–Trinajstić information content (AvgIpc) is 3.28. The summed E-state index contributed by atoms with van der Waals surface area (Å²) in [5.74, 6) is -0.966. The number of halogens is 2. The number of nitrogens with two attached hydrogens (primary N) is 2. The van der Waals surface area contributed by atoms with E-state index in [0.717, 1.165) is 22.8 Å². The van der Waals surface area contributed by atoms with Crippen LogP contribution in [0, 0.1) is 0 Å². The standard InChI is InChI=1S/C11H15Cl2O2PS3.C6H14N2O2.C4H4O2/c1-3-14-16(17,15-4-2)19-8-18-11-7-9(12)5-6-10(11)13;7-4-2-1-3-5(8)6(9)10;5-4-2-1-3-6-4/h5-7H,3-4,8H2,1-2H3;5H,1-4,7-8H2,(H,9,10);1-3,5H/t;5-;/m.0./s1. The molecule has 1 atom stereocenters. The molecule has 0 radical (unpaired) electrons. The molecule has 200 valence electrons. The zero-order valence-electron chi connectivity index (χ0n) is 19.6. The maximum atomic E-state index is 10.1. The van der Waals surface area contributed by atoms with Gasteiger partial charge in [0.05, 0.1) is 29.6 Å². The Morgan fingerprint density at radius 1 is 1.23 bits per heavy atom. The molecule has 0 aliphatic heterocycles. The molecule has 0 amide bonds. The molecule has 0 unspecified atom stereocenters. The lowest BCUT2D eigenvalue weighted by atomic mass is 10.1. The van der Waals surface area contributed by atoms with Gasteiger partial charge in [0.1, 0.15) is 6.04 Å². The van der Waals surface area contributed by atoms with E-state index < -0.39 is 17.7 Å². The molecule has 0 fully saturated rings. The summed E-state index contributed by atoms with van der Waals surface area (Å²) < 4.78 is 15.5. The summed E-state index contributed by atoms with van der Waals surface area (Å²) in [5.41, 5.74) is 8.19. The zero-order chi connectivity index (χ0) is 26.7. The first-order valence-corrected chi connectivity index (χ1v) is 16.6. The summed E-state index contributed by atoms with van der Waals surface area (Å²) in [4.78, 5) is 11.1. The quantitative estimate of drug-likeness (QED) is 0.0848. The van der Waals surface area contributed by atoms with E-state index in [1.807, 2.05) is 19.9 Å². The van der Waals surface area contributed by atoms with E-state index in [4.69, 9.17) is 65.7 Å². The Morgan fingerprint density at radius 2 is 1.89 bits per heavy atom. The van der Waals surface area contributed by atoms with Crippen LogP contribution in [0.25, 0.3) is 0 Å². The van der Waals surface area contributed by atoms with Gasteiger partial charge in [-0.3, -0.25) is 4.79 Å². The average molecular weight is 608 g/mol. The van der Waals surface area contributed by atoms with E-state index in [1.54, 1.807) is 30.0 Å². The van der Waals surface area contributed by atoms with Crippen molar-refractivity contribution in [2.45, 2.75) is 44.0 Å². The van der Waals surface area contributed by atoms with Crippen LogP contribution in [0.4, 0.5) is 0 Å². The van der Waals surface area contributed by atoms with Crippen LogP contribution in [0.15, 0.2) is 45.9 Å². The molecule has 0 aliphatic carbocycles. The van der Waals surface area contributed by atoms with Gasteiger partial charge in [-0.25, -0.2) is 0 Å². The first kappa shape index (κ1) is 34.5. The second-order valence-electron chi connectivity index (χ2n) is 6.43. The number of furan rings is 1. The molecule has 35 heavy (non-hydrogen) atoms. The van der Waals surface area contributed by atoms with Gasteiger partial charge in [-0.05, 0) is 69.3 Å². The number of hydrogen-bond donors (Lipinski definition) is 4. The summed E-state index contributed by atoms with van der Waals surface area (Å²) in [6.07, 6.45) is 3.58. The fourth-order valence-electron chi connectivity index (χ4n) is 2.07. The van der Waals surface area contributed by atoms with Crippen molar-refractivity contribution in [3.05, 3.63) is 46.6 Å². The third-order valence-corrected chi connectivity index (χ3v) is 11.5. The number of rotatable bonds is 13. The van der Waals surface area contributed by atoms with Crippen molar-refractivity contribution in [3.8, 4) is 5.95 Å². The Hall–Kier alpha value is -0.460. The third kappa shape index (κ3) is 17.6. The smallest absolute Gasteiger partial charge is 0.320 e. The van der Waals surface area contributed by atoms with Crippen molar-refractivity contribution in [2.24, 2.45) is 11.5 Å². The fourth-order valence-corrected chi connectivity index (χ4v) is 9.61. The van der Waals surface area contributed by atoms with E-state index >= 15 is 0 Å². The lowest BCUT2D eigenvalue weighted by molar-refractivity contribution is -0.138. The van der Waals surface area contributed by atoms with Crippen molar-refractivity contribution in [2.75, 3.05) is 24.8 Å². The lowest BCUT2D eigenvalue weighted by Gasteiger charge is -2.19. The molecule has 2 rings (SSSR count). The Morgan fingerprint density at radius 3 is 2.34 bits per heavy atom. The lowest BCUT2D eigenvalue weighted by Crippen LogP contribution is -2.29. The summed E-state index contributed by atoms with van der Waals surface area (Å²) >= 11 is 20.6. The SMILES string of the molecule is CCOP(=S)(OCC)SCSc1cc(Cl)ccc1Cl.NCCCC[C@H](N)C(=O)O.Oc1ccco1. The highest BCUT2D eigenvalue weighted by molar-refractivity contribution is 8.69. The monoisotopic (exact) mass is 606 g/mol. The van der Waals surface area contributed by atoms with Gasteiger partial charge in [-0.15, -0.1) is 11.8 Å². The Balaban J connectivity index is 0.000000596. The highest BCUT2D eigenvalue weighted by Crippen LogP contribution is 2.62. The van der Waals surface area contributed by atoms with Crippen LogP contribution < -0.4 is 11.5 Å². The largest absolute Gasteiger partial charge is 0.481 e. The number of unbranched alkanes of at least 4 members (excludes halogenated alkanes) is 1. The van der Waals surface area contributed by atoms with Gasteiger partial charge in [-0.2, -0.15) is 0 Å². The van der Waals surface area contributed by atoms with E-state index in [1.165, 1.54) is 23.7 Å². The van der Waals surface area contributed by atoms with Crippen molar-refractivity contribution in [3.63, 3.8) is 0 Å². The second kappa shape index (κ2) is 20.6. The highest BCUT2D eigenvalue weighted by atomic mass is 35.5. The molecule has 1 aromatic carbocycles. The van der Waals surface area contributed by atoms with Crippen LogP contribution in [0.5, 0.6) is 5.95 Å². The topological polar surface area (TPSA) is 141 Å². The van der Waals surface area contributed by atoms with E-state index in [9.17, 15) is 4.79 Å². The number of aliphatic carboxylic acids is 1. The maximum Gasteiger partial charge on any atom is 0.320 e. The molecule has 2 aromatic rings. The molecule has 0 saturated heterocycles. The van der Waals surface area contributed by atoms with Crippen LogP contribution in [0.2, 0.25) is 10.0 Å². The van der Waals surface area contributed by atoms with Gasteiger partial charge in [0, 0.05) is 16.0 Å². The molecular weight excluding hydrogens is 574 g/mol. The normalized spacial score (nSPS) is 11.6. The van der Waals surface area contributed by atoms with Crippen LogP contribution in [-0.4, -0.2) is 47.1 Å². The van der Waals surface area contributed by atoms with Gasteiger partial charge < -0.3 is 35.1 Å². The van der Waals surface area contributed by atoms with E-state index in [0.29, 0.717) is 36.2 Å². The maximum absolute atomic E-state index is 10.1. The Labute approximate surface area is 230 Å². The Kier molecular flexibility index (Phi) is 20.3. The molecule has 0 bridgehead atoms. The number of carbonyl (C=O) groups is 1. The molecule has 8 nitrogen and oxygen atoms in total. The van der Waals surface area contributed by atoms with Crippen LogP contribution in [0.1, 0.15) is 33.1 Å². The third-order valence-electron chi connectivity index (χ3n) is 3.69. The highest BCUT2D eigenvalue weighted by Gasteiger charge is 2.19. The van der Waals surface area contributed by atoms with Gasteiger partial charge in [0.15, 0.2) is 0 Å². The summed E-state index contributed by atoms with van der Waals surface area (Å²) in [5, 5.41) is 18.7. The molecule has 0 spiro atoms. The Bertz CT molecular complexity index is 871. The predicted molar refractivity (Wildman–Crippen MR) is 151 cm³/mol. The van der Waals surface area contributed by atoms with Gasteiger partial charge in [0.2, 0.25) is 5.69 Å². The molecule has 0 saturated carbocycles. The summed E-state index contributed by atoms with van der Waals surface area (Å²) in [6, 6.07) is 7.78. The van der Waals surface area contributed by atoms with E-state index in [2.05, 4.69) is 4.42 Å². The number of thioether (sulfide) groups is 1. The predicted octanol–water partition coefficient (Wildman–Crippen LogP) is 6.59. The minimum Gasteiger partial charge on any atom is -0.481 e. The van der Waals surface area contributed by atoms with Gasteiger partial charge >= 0.3 is 5.97 Å². The fraction of sp³-hybridized carbons (Fsp3) is 0.476. The van der Waals surface area contributed by atoms with Crippen molar-refractivity contribution < 1.29 is 28.5 Å². The number of aromatic hydroxyl groups is 1. The number of carboxylic acid groups (broad SMARTS) is 1. The van der Waals surface area contributed by atoms with E-state index in [-0.39, 0.29) is 5.95 Å². The molecule has 14 heteroatoms. The number of hydrogen-bond acceptors (Lipinski definition) is 10. The molecular formula is C21H33Cl2N2O6PS3. The number of carboxylic acids is 1. The molecule has 1 heterocycles. The second-order valence-corrected chi connectivity index (χ2v) is 15.0. The van der Waals surface area contributed by atoms with Crippen molar-refractivity contribution >= 4 is 69.8 Å². The molecule has 1 aromatic heterocycles. The van der Waals surface area contributed by atoms with Gasteiger partial charge in [-0.1, -0.05) is 41.0 Å². The minimum absolute atomic E-state index is 0.0324. The first-order chi connectivity index (χ1) is 16.6. The van der Waals surface area contributed by atoms with Crippen molar-refractivity contribution in [1.29, 1.82) is 0 Å². The van der Waals surface area contributed by atoms with Crippen LogP contribution in [0.3, 0.4) is 0 Å². The number of benzene rings is 1. The molecule has 0 aliphatic rings. The minimum atomic E-state index is -2.23. The zero-order valence-corrected chi connectivity index (χ0v) is 24.5.